The van der Waals surface area contributed by atoms with Crippen molar-refractivity contribution < 1.29 is 9.90 Å². The second-order valence-corrected chi connectivity index (χ2v) is 6.22. The Morgan fingerprint density at radius 1 is 1.33 bits per heavy atom. The fourth-order valence-corrected chi connectivity index (χ4v) is 3.26. The first-order valence-corrected chi connectivity index (χ1v) is 7.58. The molecule has 1 aliphatic rings. The summed E-state index contributed by atoms with van der Waals surface area (Å²) in [6, 6.07) is 2.08. The summed E-state index contributed by atoms with van der Waals surface area (Å²) < 4.78 is 1.85. The molecule has 0 atom stereocenters. The molecule has 2 aromatic heterocycles. The molecule has 2 heterocycles. The number of carboxylic acid groups (broad SMARTS) is 1. The number of rotatable bonds is 3. The van der Waals surface area contributed by atoms with Crippen LogP contribution in [0.5, 0.6) is 0 Å². The number of hydrogen-bond donors (Lipinski definition) is 1. The van der Waals surface area contributed by atoms with Crippen LogP contribution < -0.4 is 0 Å². The van der Waals surface area contributed by atoms with E-state index in [1.807, 2.05) is 17.6 Å². The van der Waals surface area contributed by atoms with Crippen molar-refractivity contribution in [2.24, 2.45) is 11.8 Å². The standard InChI is InChI=1S/C16H21N3O2/c1-10-7-15-17-11(2)9-19(15)18-14(10)8-12-3-5-13(6-4-12)16(20)21/h7,9,12-13H,3-6,8H2,1-2H3,(H,20,21). The lowest BCUT2D eigenvalue weighted by Gasteiger charge is -2.26. The van der Waals surface area contributed by atoms with E-state index in [1.165, 1.54) is 5.56 Å². The largest absolute Gasteiger partial charge is 0.481 e. The highest BCUT2D eigenvalue weighted by atomic mass is 16.4. The van der Waals surface area contributed by atoms with E-state index < -0.39 is 5.97 Å². The molecule has 2 aromatic rings. The number of aryl methyl sites for hydroxylation is 2. The highest BCUT2D eigenvalue weighted by molar-refractivity contribution is 5.70. The van der Waals surface area contributed by atoms with Crippen LogP contribution >= 0.6 is 0 Å². The first-order chi connectivity index (χ1) is 10.0. The lowest BCUT2D eigenvalue weighted by atomic mass is 9.80. The Labute approximate surface area is 124 Å². The number of hydrogen-bond acceptors (Lipinski definition) is 3. The molecule has 5 heteroatoms. The SMILES string of the molecule is Cc1cn2nc(CC3CCC(C(=O)O)CC3)c(C)cc2n1. The summed E-state index contributed by atoms with van der Waals surface area (Å²) in [4.78, 5) is 15.4. The molecular formula is C16H21N3O2. The molecule has 0 unspecified atom stereocenters. The summed E-state index contributed by atoms with van der Waals surface area (Å²) >= 11 is 0. The predicted molar refractivity (Wildman–Crippen MR) is 79.2 cm³/mol. The number of imidazole rings is 1. The molecule has 0 saturated heterocycles. The van der Waals surface area contributed by atoms with Gasteiger partial charge in [0.05, 0.1) is 23.5 Å². The average Bonchev–Trinajstić information content (AvgIpc) is 2.79. The number of carboxylic acids is 1. The van der Waals surface area contributed by atoms with E-state index in [4.69, 9.17) is 5.11 Å². The average molecular weight is 287 g/mol. The molecular weight excluding hydrogens is 266 g/mol. The fourth-order valence-electron chi connectivity index (χ4n) is 3.26. The molecule has 5 nitrogen and oxygen atoms in total. The van der Waals surface area contributed by atoms with E-state index in [2.05, 4.69) is 23.1 Å². The van der Waals surface area contributed by atoms with Crippen LogP contribution in [0.25, 0.3) is 5.65 Å². The Balaban J connectivity index is 1.73. The van der Waals surface area contributed by atoms with Gasteiger partial charge in [-0.25, -0.2) is 9.50 Å². The fraction of sp³-hybridized carbons (Fsp3) is 0.562. The third kappa shape index (κ3) is 2.91. The zero-order valence-electron chi connectivity index (χ0n) is 12.5. The van der Waals surface area contributed by atoms with Crippen molar-refractivity contribution in [3.8, 4) is 0 Å². The van der Waals surface area contributed by atoms with Crippen molar-refractivity contribution in [1.82, 2.24) is 14.6 Å². The van der Waals surface area contributed by atoms with Gasteiger partial charge in [0.15, 0.2) is 5.65 Å². The molecule has 1 saturated carbocycles. The molecule has 0 spiro atoms. The minimum atomic E-state index is -0.641. The van der Waals surface area contributed by atoms with Gasteiger partial charge in [0.1, 0.15) is 0 Å². The molecule has 1 N–H and O–H groups in total. The molecule has 0 radical (unpaired) electrons. The third-order valence-electron chi connectivity index (χ3n) is 4.54. The number of aromatic nitrogens is 3. The highest BCUT2D eigenvalue weighted by Gasteiger charge is 2.26. The molecule has 112 valence electrons. The first-order valence-electron chi connectivity index (χ1n) is 7.58. The molecule has 0 bridgehead atoms. The van der Waals surface area contributed by atoms with Crippen molar-refractivity contribution in [2.75, 3.05) is 0 Å². The van der Waals surface area contributed by atoms with Crippen molar-refractivity contribution in [3.63, 3.8) is 0 Å². The van der Waals surface area contributed by atoms with Gasteiger partial charge in [0.2, 0.25) is 0 Å². The number of carbonyl (C=O) groups is 1. The van der Waals surface area contributed by atoms with Crippen molar-refractivity contribution in [3.05, 3.63) is 29.2 Å². The second-order valence-electron chi connectivity index (χ2n) is 6.22. The maximum absolute atomic E-state index is 11.0. The lowest BCUT2D eigenvalue weighted by Crippen LogP contribution is -2.23. The summed E-state index contributed by atoms with van der Waals surface area (Å²) in [5.74, 6) is -0.235. The monoisotopic (exact) mass is 287 g/mol. The molecule has 0 amide bonds. The van der Waals surface area contributed by atoms with Crippen LogP contribution in [0.4, 0.5) is 0 Å². The normalized spacial score (nSPS) is 22.6. The van der Waals surface area contributed by atoms with Crippen LogP contribution in [0.15, 0.2) is 12.3 Å². The maximum Gasteiger partial charge on any atom is 0.306 e. The molecule has 21 heavy (non-hydrogen) atoms. The molecule has 0 aromatic carbocycles. The Morgan fingerprint density at radius 2 is 2.05 bits per heavy atom. The van der Waals surface area contributed by atoms with Gasteiger partial charge in [-0.1, -0.05) is 0 Å². The van der Waals surface area contributed by atoms with E-state index in [-0.39, 0.29) is 5.92 Å². The smallest absolute Gasteiger partial charge is 0.306 e. The predicted octanol–water partition coefficient (Wildman–Crippen LogP) is 2.78. The van der Waals surface area contributed by atoms with E-state index in [9.17, 15) is 4.79 Å². The molecule has 0 aliphatic heterocycles. The topological polar surface area (TPSA) is 67.5 Å². The molecule has 1 aliphatic carbocycles. The van der Waals surface area contributed by atoms with Crippen LogP contribution in [0, 0.1) is 25.7 Å². The minimum Gasteiger partial charge on any atom is -0.481 e. The Morgan fingerprint density at radius 3 is 2.71 bits per heavy atom. The number of nitrogens with zero attached hydrogens (tertiary/aromatic N) is 3. The number of fused-ring (bicyclic) bond motifs is 1. The Kier molecular flexibility index (Phi) is 3.66. The van der Waals surface area contributed by atoms with Crippen LogP contribution in [-0.4, -0.2) is 25.7 Å². The quantitative estimate of drug-likeness (QED) is 0.942. The van der Waals surface area contributed by atoms with Gasteiger partial charge in [-0.3, -0.25) is 4.79 Å². The lowest BCUT2D eigenvalue weighted by molar-refractivity contribution is -0.143. The van der Waals surface area contributed by atoms with Gasteiger partial charge in [0, 0.05) is 0 Å². The van der Waals surface area contributed by atoms with Gasteiger partial charge < -0.3 is 5.11 Å². The highest BCUT2D eigenvalue weighted by Crippen LogP contribution is 2.31. The van der Waals surface area contributed by atoms with E-state index in [0.717, 1.165) is 49.1 Å². The first kappa shape index (κ1) is 14.0. The van der Waals surface area contributed by atoms with Crippen molar-refractivity contribution >= 4 is 11.6 Å². The Hall–Kier alpha value is -1.91. The summed E-state index contributed by atoms with van der Waals surface area (Å²) in [5, 5.41) is 13.7. The molecule has 1 fully saturated rings. The minimum absolute atomic E-state index is 0.144. The van der Waals surface area contributed by atoms with Gasteiger partial charge in [0.25, 0.3) is 0 Å². The summed E-state index contributed by atoms with van der Waals surface area (Å²) in [6.45, 7) is 4.05. The van der Waals surface area contributed by atoms with Crippen LogP contribution in [0.3, 0.4) is 0 Å². The van der Waals surface area contributed by atoms with E-state index in [0.29, 0.717) is 5.92 Å². The summed E-state index contributed by atoms with van der Waals surface area (Å²) in [6.07, 6.45) is 6.44. The zero-order chi connectivity index (χ0) is 15.0. The number of aliphatic carboxylic acids is 1. The third-order valence-corrected chi connectivity index (χ3v) is 4.54. The van der Waals surface area contributed by atoms with Crippen LogP contribution in [0.2, 0.25) is 0 Å². The van der Waals surface area contributed by atoms with Gasteiger partial charge >= 0.3 is 5.97 Å². The Bertz CT molecular complexity index is 669. The van der Waals surface area contributed by atoms with Crippen LogP contribution in [0.1, 0.15) is 42.6 Å². The zero-order valence-corrected chi connectivity index (χ0v) is 12.5. The van der Waals surface area contributed by atoms with Gasteiger partial charge in [-0.15, -0.1) is 0 Å². The van der Waals surface area contributed by atoms with Gasteiger partial charge in [-0.05, 0) is 63.5 Å². The van der Waals surface area contributed by atoms with Crippen molar-refractivity contribution in [1.29, 1.82) is 0 Å². The van der Waals surface area contributed by atoms with E-state index >= 15 is 0 Å². The summed E-state index contributed by atoms with van der Waals surface area (Å²) in [7, 11) is 0. The summed E-state index contributed by atoms with van der Waals surface area (Å²) in [5.41, 5.74) is 4.15. The second kappa shape index (κ2) is 5.47. The van der Waals surface area contributed by atoms with E-state index in [1.54, 1.807) is 0 Å². The maximum atomic E-state index is 11.0. The van der Waals surface area contributed by atoms with Crippen molar-refractivity contribution in [2.45, 2.75) is 46.0 Å². The molecule has 3 rings (SSSR count). The van der Waals surface area contributed by atoms with Gasteiger partial charge in [-0.2, -0.15) is 5.10 Å². The van der Waals surface area contributed by atoms with Crippen LogP contribution in [-0.2, 0) is 11.2 Å².